The average molecular weight is 458 g/mol. The minimum Gasteiger partial charge on any atom is -0.377 e. The number of nitrogens with one attached hydrogen (secondary N) is 2. The molecule has 6 nitrogen and oxygen atoms in total. The van der Waals surface area contributed by atoms with Gasteiger partial charge >= 0.3 is 6.03 Å². The first-order valence-electron chi connectivity index (χ1n) is 9.92. The lowest BCUT2D eigenvalue weighted by Crippen LogP contribution is -2.30. The van der Waals surface area contributed by atoms with E-state index in [1.54, 1.807) is 23.9 Å². The predicted octanol–water partition coefficient (Wildman–Crippen LogP) is 4.61. The van der Waals surface area contributed by atoms with Crippen LogP contribution in [0.2, 0.25) is 0 Å². The van der Waals surface area contributed by atoms with Gasteiger partial charge in [0.1, 0.15) is 0 Å². The highest BCUT2D eigenvalue weighted by Gasteiger charge is 2.18. The Kier molecular flexibility index (Phi) is 7.46. The van der Waals surface area contributed by atoms with Gasteiger partial charge in [0.25, 0.3) is 0 Å². The van der Waals surface area contributed by atoms with E-state index in [4.69, 9.17) is 0 Å². The average Bonchev–Trinajstić information content (AvgIpc) is 2.76. The van der Waals surface area contributed by atoms with Crippen LogP contribution in [-0.2, 0) is 9.84 Å². The smallest absolute Gasteiger partial charge is 0.319 e. The number of hydrogen-bond donors (Lipinski definition) is 2. The molecule has 0 aliphatic heterocycles. The SMILES string of the molecule is CSc1ccc(NC(=O)NCCCS(=O)(=O)c2cccc3c(N(C)C)cccc23)cc1. The molecule has 0 bridgehead atoms. The first-order chi connectivity index (χ1) is 14.8. The van der Waals surface area contributed by atoms with Crippen LogP contribution in [0.25, 0.3) is 10.8 Å². The second kappa shape index (κ2) is 10.1. The van der Waals surface area contributed by atoms with Crippen LogP contribution in [0.4, 0.5) is 16.2 Å². The highest BCUT2D eigenvalue weighted by molar-refractivity contribution is 7.98. The van der Waals surface area contributed by atoms with Gasteiger partial charge in [0.2, 0.25) is 0 Å². The normalized spacial score (nSPS) is 11.3. The van der Waals surface area contributed by atoms with E-state index in [0.29, 0.717) is 22.4 Å². The van der Waals surface area contributed by atoms with Gasteiger partial charge in [-0.1, -0.05) is 24.3 Å². The predicted molar refractivity (Wildman–Crippen MR) is 130 cm³/mol. The summed E-state index contributed by atoms with van der Waals surface area (Å²) >= 11 is 1.63. The van der Waals surface area contributed by atoms with Crippen LogP contribution in [0.3, 0.4) is 0 Å². The number of rotatable bonds is 8. The van der Waals surface area contributed by atoms with Crippen molar-refractivity contribution in [3.63, 3.8) is 0 Å². The molecule has 0 atom stereocenters. The Bertz CT molecular complexity index is 1160. The minimum absolute atomic E-state index is 0.0407. The lowest BCUT2D eigenvalue weighted by atomic mass is 10.1. The van der Waals surface area contributed by atoms with Crippen molar-refractivity contribution >= 4 is 49.8 Å². The molecule has 0 unspecified atom stereocenters. The molecule has 3 aromatic rings. The molecule has 0 saturated carbocycles. The van der Waals surface area contributed by atoms with Crippen molar-refractivity contribution in [2.45, 2.75) is 16.2 Å². The van der Waals surface area contributed by atoms with Gasteiger partial charge in [0, 0.05) is 47.7 Å². The summed E-state index contributed by atoms with van der Waals surface area (Å²) in [5.74, 6) is -0.0407. The lowest BCUT2D eigenvalue weighted by Gasteiger charge is -2.17. The Hall–Kier alpha value is -2.71. The van der Waals surface area contributed by atoms with E-state index in [1.165, 1.54) is 0 Å². The van der Waals surface area contributed by atoms with Crippen LogP contribution in [0.1, 0.15) is 6.42 Å². The standard InChI is InChI=1S/C23H27N3O3S2/c1-26(2)21-9-4-8-20-19(21)7-5-10-22(20)31(28,29)16-6-15-24-23(27)25-17-11-13-18(30-3)14-12-17/h4-5,7-14H,6,15-16H2,1-3H3,(H2,24,25,27). The van der Waals surface area contributed by atoms with E-state index in [9.17, 15) is 13.2 Å². The largest absolute Gasteiger partial charge is 0.377 e. The van der Waals surface area contributed by atoms with Crippen LogP contribution >= 0.6 is 11.8 Å². The lowest BCUT2D eigenvalue weighted by molar-refractivity contribution is 0.252. The molecule has 3 aromatic carbocycles. The highest BCUT2D eigenvalue weighted by atomic mass is 32.2. The number of hydrogen-bond acceptors (Lipinski definition) is 5. The van der Waals surface area contributed by atoms with Gasteiger partial charge in [-0.15, -0.1) is 11.8 Å². The molecule has 2 N–H and O–H groups in total. The van der Waals surface area contributed by atoms with Gasteiger partial charge in [-0.2, -0.15) is 0 Å². The second-order valence-corrected chi connectivity index (χ2v) is 10.3. The van der Waals surface area contributed by atoms with Gasteiger partial charge in [0.15, 0.2) is 9.84 Å². The van der Waals surface area contributed by atoms with Crippen molar-refractivity contribution in [2.75, 3.05) is 42.9 Å². The molecule has 0 radical (unpaired) electrons. The summed E-state index contributed by atoms with van der Waals surface area (Å²) in [6.45, 7) is 0.266. The van der Waals surface area contributed by atoms with Crippen LogP contribution in [0, 0.1) is 0 Å². The maximum absolute atomic E-state index is 13.0. The van der Waals surface area contributed by atoms with Gasteiger partial charge in [-0.3, -0.25) is 0 Å². The Balaban J connectivity index is 1.60. The van der Waals surface area contributed by atoms with Gasteiger partial charge in [-0.25, -0.2) is 13.2 Å². The number of carbonyl (C=O) groups excluding carboxylic acids is 1. The molecular formula is C23H27N3O3S2. The number of nitrogens with zero attached hydrogens (tertiary/aromatic N) is 1. The van der Waals surface area contributed by atoms with E-state index in [-0.39, 0.29) is 18.3 Å². The Morgan fingerprint density at radius 1 is 0.968 bits per heavy atom. The van der Waals surface area contributed by atoms with Crippen molar-refractivity contribution in [2.24, 2.45) is 0 Å². The molecule has 0 aromatic heterocycles. The van der Waals surface area contributed by atoms with E-state index in [1.807, 2.05) is 73.8 Å². The minimum atomic E-state index is -3.49. The summed E-state index contributed by atoms with van der Waals surface area (Å²) in [5, 5.41) is 7.09. The number of carbonyl (C=O) groups is 1. The Labute approximate surface area is 187 Å². The van der Waals surface area contributed by atoms with Crippen LogP contribution in [0.15, 0.2) is 70.5 Å². The topological polar surface area (TPSA) is 78.5 Å². The maximum Gasteiger partial charge on any atom is 0.319 e. The number of fused-ring (bicyclic) bond motifs is 1. The Morgan fingerprint density at radius 3 is 2.32 bits per heavy atom. The number of urea groups is 1. The van der Waals surface area contributed by atoms with E-state index >= 15 is 0 Å². The van der Waals surface area contributed by atoms with Crippen molar-refractivity contribution in [1.82, 2.24) is 5.32 Å². The number of thioether (sulfide) groups is 1. The van der Waals surface area contributed by atoms with Crippen LogP contribution in [0.5, 0.6) is 0 Å². The van der Waals surface area contributed by atoms with Crippen molar-refractivity contribution in [1.29, 1.82) is 0 Å². The number of amides is 2. The van der Waals surface area contributed by atoms with Crippen LogP contribution < -0.4 is 15.5 Å². The van der Waals surface area contributed by atoms with E-state index < -0.39 is 9.84 Å². The first kappa shape index (κ1) is 23.0. The zero-order valence-electron chi connectivity index (χ0n) is 17.9. The monoisotopic (exact) mass is 457 g/mol. The molecule has 0 spiro atoms. The van der Waals surface area contributed by atoms with Gasteiger partial charge in [0.05, 0.1) is 10.6 Å². The molecule has 3 rings (SSSR count). The molecule has 0 aliphatic carbocycles. The van der Waals surface area contributed by atoms with Gasteiger partial charge in [-0.05, 0) is 49.1 Å². The summed E-state index contributed by atoms with van der Waals surface area (Å²) in [6.07, 6.45) is 2.31. The molecule has 0 heterocycles. The maximum atomic E-state index is 13.0. The Morgan fingerprint density at radius 2 is 1.65 bits per heavy atom. The van der Waals surface area contributed by atoms with Crippen molar-refractivity contribution < 1.29 is 13.2 Å². The quantitative estimate of drug-likeness (QED) is 0.381. The number of benzene rings is 3. The number of anilines is 2. The van der Waals surface area contributed by atoms with Crippen molar-refractivity contribution in [3.05, 3.63) is 60.7 Å². The summed E-state index contributed by atoms with van der Waals surface area (Å²) in [7, 11) is 0.382. The summed E-state index contributed by atoms with van der Waals surface area (Å²) < 4.78 is 26.0. The fraction of sp³-hybridized carbons (Fsp3) is 0.261. The third-order valence-electron chi connectivity index (χ3n) is 4.90. The van der Waals surface area contributed by atoms with Crippen molar-refractivity contribution in [3.8, 4) is 0 Å². The third-order valence-corrected chi connectivity index (χ3v) is 7.50. The molecule has 0 saturated heterocycles. The molecule has 0 aliphatic rings. The second-order valence-electron chi connectivity index (χ2n) is 7.30. The summed E-state index contributed by atoms with van der Waals surface area (Å²) in [4.78, 5) is 15.5. The molecule has 164 valence electrons. The van der Waals surface area contributed by atoms with Crippen LogP contribution in [-0.4, -0.2) is 47.1 Å². The summed E-state index contributed by atoms with van der Waals surface area (Å²) in [5.41, 5.74) is 1.66. The number of sulfone groups is 1. The molecule has 31 heavy (non-hydrogen) atoms. The summed E-state index contributed by atoms with van der Waals surface area (Å²) in [6, 6.07) is 18.2. The van der Waals surface area contributed by atoms with Gasteiger partial charge < -0.3 is 15.5 Å². The highest BCUT2D eigenvalue weighted by Crippen LogP contribution is 2.30. The molecular weight excluding hydrogens is 430 g/mol. The fourth-order valence-electron chi connectivity index (χ4n) is 3.35. The first-order valence-corrected chi connectivity index (χ1v) is 12.8. The van der Waals surface area contributed by atoms with E-state index in [2.05, 4.69) is 10.6 Å². The molecule has 0 fully saturated rings. The molecule has 2 amide bonds. The third kappa shape index (κ3) is 5.71. The molecule has 8 heteroatoms. The van der Waals surface area contributed by atoms with E-state index in [0.717, 1.165) is 16.0 Å². The zero-order chi connectivity index (χ0) is 22.4. The zero-order valence-corrected chi connectivity index (χ0v) is 19.5. The fourth-order valence-corrected chi connectivity index (χ4v) is 5.30.